The molecule has 0 atom stereocenters. The fraction of sp³-hybridized carbons (Fsp3) is 0.333. The zero-order chi connectivity index (χ0) is 19.9. The Hall–Kier alpha value is -2.23. The molecule has 0 aliphatic carbocycles. The predicted molar refractivity (Wildman–Crippen MR) is 112 cm³/mol. The second-order valence-electron chi connectivity index (χ2n) is 7.65. The average Bonchev–Trinajstić information content (AvgIpc) is 2.71. The van der Waals surface area contributed by atoms with Gasteiger partial charge in [0.2, 0.25) is 0 Å². The maximum Gasteiger partial charge on any atom is 0.161 e. The summed E-state index contributed by atoms with van der Waals surface area (Å²) in [7, 11) is 0. The average molecular weight is 568 g/mol. The van der Waals surface area contributed by atoms with Crippen molar-refractivity contribution in [2.45, 2.75) is 27.7 Å². The van der Waals surface area contributed by atoms with Gasteiger partial charge in [0.1, 0.15) is 0 Å². The van der Waals surface area contributed by atoms with Gasteiger partial charge in [-0.15, -0.1) is 35.4 Å². The molecule has 1 radical (unpaired) electrons. The maximum atomic E-state index is 6.05. The molecule has 0 saturated heterocycles. The molecular formula is C24H27IrN2O2-. The van der Waals surface area contributed by atoms with E-state index in [1.165, 1.54) is 0 Å². The van der Waals surface area contributed by atoms with E-state index in [-0.39, 0.29) is 20.1 Å². The Morgan fingerprint density at radius 1 is 0.862 bits per heavy atom. The molecule has 4 nitrogen and oxygen atoms in total. The number of aromatic nitrogens is 2. The number of hydrogen-bond acceptors (Lipinski definition) is 4. The summed E-state index contributed by atoms with van der Waals surface area (Å²) in [6.45, 7) is 9.86. The van der Waals surface area contributed by atoms with Crippen LogP contribution in [0.4, 0.5) is 0 Å². The van der Waals surface area contributed by atoms with Gasteiger partial charge in [0.05, 0.1) is 13.2 Å². The van der Waals surface area contributed by atoms with Gasteiger partial charge in [-0.2, -0.15) is 0 Å². The SMILES string of the molecule is CC(C)COc1ccc(-c2cc[c-]c(-c3cnccn3)c2)cc1OCC(C)C.[Ir]. The van der Waals surface area contributed by atoms with Gasteiger partial charge >= 0.3 is 0 Å². The molecular weight excluding hydrogens is 540 g/mol. The largest absolute Gasteiger partial charge is 0.489 e. The van der Waals surface area contributed by atoms with E-state index in [1.54, 1.807) is 18.6 Å². The molecule has 3 rings (SSSR count). The molecule has 0 spiro atoms. The van der Waals surface area contributed by atoms with Crippen LogP contribution in [0.15, 0.2) is 55.0 Å². The van der Waals surface area contributed by atoms with Gasteiger partial charge in [-0.3, -0.25) is 4.98 Å². The minimum atomic E-state index is 0. The summed E-state index contributed by atoms with van der Waals surface area (Å²) in [5.74, 6) is 2.46. The van der Waals surface area contributed by atoms with Crippen molar-refractivity contribution in [1.82, 2.24) is 9.97 Å². The zero-order valence-electron chi connectivity index (χ0n) is 17.3. The molecule has 1 aromatic heterocycles. The van der Waals surface area contributed by atoms with Crippen molar-refractivity contribution in [2.75, 3.05) is 13.2 Å². The molecule has 0 saturated carbocycles. The first-order valence-electron chi connectivity index (χ1n) is 9.71. The van der Waals surface area contributed by atoms with Crippen LogP contribution in [-0.2, 0) is 20.1 Å². The van der Waals surface area contributed by atoms with Crippen LogP contribution in [0.1, 0.15) is 27.7 Å². The molecule has 0 aliphatic rings. The van der Waals surface area contributed by atoms with Gasteiger partial charge in [0.25, 0.3) is 0 Å². The Kier molecular flexibility index (Phi) is 8.81. The van der Waals surface area contributed by atoms with E-state index in [1.807, 2.05) is 24.3 Å². The van der Waals surface area contributed by atoms with Gasteiger partial charge in [0.15, 0.2) is 11.5 Å². The molecule has 0 amide bonds. The second kappa shape index (κ2) is 11.1. The second-order valence-corrected chi connectivity index (χ2v) is 7.65. The summed E-state index contributed by atoms with van der Waals surface area (Å²) in [5, 5.41) is 0. The molecule has 1 heterocycles. The smallest absolute Gasteiger partial charge is 0.161 e. The minimum absolute atomic E-state index is 0. The first-order valence-corrected chi connectivity index (χ1v) is 9.71. The number of hydrogen-bond donors (Lipinski definition) is 0. The monoisotopic (exact) mass is 568 g/mol. The van der Waals surface area contributed by atoms with Crippen LogP contribution in [0.5, 0.6) is 11.5 Å². The molecule has 155 valence electrons. The van der Waals surface area contributed by atoms with Crippen molar-refractivity contribution in [1.29, 1.82) is 0 Å². The zero-order valence-corrected chi connectivity index (χ0v) is 19.7. The van der Waals surface area contributed by atoms with Gasteiger partial charge in [-0.25, -0.2) is 0 Å². The molecule has 5 heteroatoms. The number of benzene rings is 2. The summed E-state index contributed by atoms with van der Waals surface area (Å²) in [4.78, 5) is 8.51. The van der Waals surface area contributed by atoms with Crippen molar-refractivity contribution >= 4 is 0 Å². The van der Waals surface area contributed by atoms with Crippen molar-refractivity contribution in [3.05, 3.63) is 61.1 Å². The molecule has 2 aromatic carbocycles. The van der Waals surface area contributed by atoms with Gasteiger partial charge < -0.3 is 14.5 Å². The first kappa shape index (κ1) is 23.1. The molecule has 29 heavy (non-hydrogen) atoms. The van der Waals surface area contributed by atoms with Crippen LogP contribution >= 0.6 is 0 Å². The third-order valence-corrected chi connectivity index (χ3v) is 4.06. The van der Waals surface area contributed by atoms with Crippen LogP contribution in [-0.4, -0.2) is 23.2 Å². The molecule has 3 aromatic rings. The minimum Gasteiger partial charge on any atom is -0.489 e. The number of rotatable bonds is 8. The summed E-state index contributed by atoms with van der Waals surface area (Å²) in [6.07, 6.45) is 5.10. The van der Waals surface area contributed by atoms with Crippen molar-refractivity contribution in [3.8, 4) is 33.9 Å². The van der Waals surface area contributed by atoms with Crippen LogP contribution in [0, 0.1) is 17.9 Å². The van der Waals surface area contributed by atoms with Crippen molar-refractivity contribution in [3.63, 3.8) is 0 Å². The Morgan fingerprint density at radius 3 is 2.21 bits per heavy atom. The fourth-order valence-electron chi connectivity index (χ4n) is 2.66. The van der Waals surface area contributed by atoms with E-state index in [4.69, 9.17) is 9.47 Å². The van der Waals surface area contributed by atoms with E-state index >= 15 is 0 Å². The van der Waals surface area contributed by atoms with E-state index in [0.717, 1.165) is 33.9 Å². The van der Waals surface area contributed by atoms with Crippen LogP contribution in [0.2, 0.25) is 0 Å². The first-order chi connectivity index (χ1) is 13.5. The summed E-state index contributed by atoms with van der Waals surface area (Å²) < 4.78 is 12.0. The normalized spacial score (nSPS) is 10.7. The van der Waals surface area contributed by atoms with E-state index in [0.29, 0.717) is 25.0 Å². The van der Waals surface area contributed by atoms with E-state index in [2.05, 4.69) is 55.9 Å². The van der Waals surface area contributed by atoms with Gasteiger partial charge in [0, 0.05) is 44.4 Å². The fourth-order valence-corrected chi connectivity index (χ4v) is 2.66. The summed E-state index contributed by atoms with van der Waals surface area (Å²) in [5.41, 5.74) is 3.85. The van der Waals surface area contributed by atoms with Gasteiger partial charge in [-0.1, -0.05) is 33.8 Å². The van der Waals surface area contributed by atoms with Crippen LogP contribution in [0.25, 0.3) is 22.4 Å². The molecule has 0 unspecified atom stereocenters. The van der Waals surface area contributed by atoms with E-state index < -0.39 is 0 Å². The number of nitrogens with zero attached hydrogens (tertiary/aromatic N) is 2. The number of ether oxygens (including phenoxy) is 2. The Morgan fingerprint density at radius 2 is 1.55 bits per heavy atom. The third kappa shape index (κ3) is 6.66. The molecule has 0 aliphatic heterocycles. The predicted octanol–water partition coefficient (Wildman–Crippen LogP) is 5.68. The molecule has 0 fully saturated rings. The quantitative estimate of drug-likeness (QED) is 0.329. The topological polar surface area (TPSA) is 44.2 Å². The third-order valence-electron chi connectivity index (χ3n) is 4.06. The van der Waals surface area contributed by atoms with Crippen LogP contribution in [0.3, 0.4) is 0 Å². The molecule has 0 N–H and O–H groups in total. The Bertz CT molecular complexity index is 898. The standard InChI is InChI=1S/C24H27N2O2.Ir/c1-17(2)15-27-23-9-8-20(13-24(23)28-16-18(3)4)19-6-5-7-21(12-19)22-14-25-10-11-26-22;/h5-6,8-14,17-18H,15-16H2,1-4H3;/q-1;. The van der Waals surface area contributed by atoms with Crippen LogP contribution < -0.4 is 9.47 Å². The van der Waals surface area contributed by atoms with E-state index in [9.17, 15) is 0 Å². The Balaban J connectivity index is 0.00000300. The summed E-state index contributed by atoms with van der Waals surface area (Å²) in [6, 6.07) is 15.4. The van der Waals surface area contributed by atoms with Crippen molar-refractivity contribution in [2.24, 2.45) is 11.8 Å². The van der Waals surface area contributed by atoms with Crippen molar-refractivity contribution < 1.29 is 29.6 Å². The maximum absolute atomic E-state index is 6.05. The summed E-state index contributed by atoms with van der Waals surface area (Å²) >= 11 is 0. The Labute approximate surface area is 187 Å². The molecule has 0 bridgehead atoms. The van der Waals surface area contributed by atoms with Gasteiger partial charge in [-0.05, 0) is 29.5 Å².